The highest BCUT2D eigenvalue weighted by Crippen LogP contribution is 2.16. The second-order valence-corrected chi connectivity index (χ2v) is 2.98. The van der Waals surface area contributed by atoms with Crippen molar-refractivity contribution in [1.82, 2.24) is 15.0 Å². The number of hydrogen-bond donors (Lipinski definition) is 1. The van der Waals surface area contributed by atoms with Crippen LogP contribution in [0.4, 0.5) is 0 Å². The van der Waals surface area contributed by atoms with E-state index in [9.17, 15) is 5.11 Å². The molecule has 1 aromatic rings. The summed E-state index contributed by atoms with van der Waals surface area (Å²) in [5.41, 5.74) is 2.02. The van der Waals surface area contributed by atoms with E-state index in [4.69, 9.17) is 0 Å². The minimum Gasteiger partial charge on any atom is -0.393 e. The van der Waals surface area contributed by atoms with Crippen molar-refractivity contribution in [2.45, 2.75) is 25.4 Å². The first-order valence-electron chi connectivity index (χ1n) is 3.83. The van der Waals surface area contributed by atoms with Gasteiger partial charge in [0.25, 0.3) is 0 Å². The summed E-state index contributed by atoms with van der Waals surface area (Å²) in [4.78, 5) is 1.57. The summed E-state index contributed by atoms with van der Waals surface area (Å²) in [5.74, 6) is 0. The molecule has 0 aliphatic heterocycles. The maximum absolute atomic E-state index is 9.29. The lowest BCUT2D eigenvalue weighted by Crippen LogP contribution is -2.18. The summed E-state index contributed by atoms with van der Waals surface area (Å²) in [6.45, 7) is 0. The van der Waals surface area contributed by atoms with E-state index >= 15 is 0 Å². The van der Waals surface area contributed by atoms with Crippen molar-refractivity contribution in [3.05, 3.63) is 11.4 Å². The van der Waals surface area contributed by atoms with Gasteiger partial charge in [-0.05, 0) is 12.8 Å². The average molecular weight is 153 g/mol. The highest BCUT2D eigenvalue weighted by atomic mass is 16.3. The number of aryl methyl sites for hydroxylation is 2. The summed E-state index contributed by atoms with van der Waals surface area (Å²) in [6.07, 6.45) is 2.15. The fraction of sp³-hybridized carbons (Fsp3) is 0.714. The first-order chi connectivity index (χ1) is 5.25. The number of hydrogen-bond acceptors (Lipinski definition) is 3. The summed E-state index contributed by atoms with van der Waals surface area (Å²) < 4.78 is 0. The van der Waals surface area contributed by atoms with Gasteiger partial charge in [0.15, 0.2) is 0 Å². The predicted molar refractivity (Wildman–Crippen MR) is 39.0 cm³/mol. The van der Waals surface area contributed by atoms with Gasteiger partial charge in [-0.2, -0.15) is 15.0 Å². The molecule has 4 heteroatoms. The summed E-state index contributed by atoms with van der Waals surface area (Å²) >= 11 is 0. The van der Waals surface area contributed by atoms with E-state index in [0.717, 1.165) is 24.2 Å². The van der Waals surface area contributed by atoms with Crippen LogP contribution >= 0.6 is 0 Å². The van der Waals surface area contributed by atoms with Crippen LogP contribution < -0.4 is 0 Å². The van der Waals surface area contributed by atoms with Crippen LogP contribution in [0.1, 0.15) is 17.8 Å². The quantitative estimate of drug-likeness (QED) is 0.555. The van der Waals surface area contributed by atoms with Crippen LogP contribution in [0.3, 0.4) is 0 Å². The molecule has 0 radical (unpaired) electrons. The summed E-state index contributed by atoms with van der Waals surface area (Å²) in [7, 11) is 1.81. The van der Waals surface area contributed by atoms with Gasteiger partial charge < -0.3 is 5.11 Å². The molecule has 0 saturated carbocycles. The minimum absolute atomic E-state index is 0.209. The van der Waals surface area contributed by atoms with Crippen molar-refractivity contribution in [1.29, 1.82) is 0 Å². The molecule has 0 bridgehead atoms. The van der Waals surface area contributed by atoms with Crippen LogP contribution in [0.5, 0.6) is 0 Å². The highest BCUT2D eigenvalue weighted by Gasteiger charge is 2.20. The molecular formula is C7H11N3O. The molecule has 1 aliphatic rings. The van der Waals surface area contributed by atoms with Crippen molar-refractivity contribution >= 4 is 0 Å². The fourth-order valence-corrected chi connectivity index (χ4v) is 1.47. The molecule has 0 fully saturated rings. The third-order valence-corrected chi connectivity index (χ3v) is 2.01. The van der Waals surface area contributed by atoms with Gasteiger partial charge in [-0.1, -0.05) is 0 Å². The molecule has 11 heavy (non-hydrogen) atoms. The zero-order valence-electron chi connectivity index (χ0n) is 6.49. The molecule has 2 rings (SSSR count). The van der Waals surface area contributed by atoms with Gasteiger partial charge in [0.1, 0.15) is 0 Å². The van der Waals surface area contributed by atoms with Gasteiger partial charge in [-0.25, -0.2) is 0 Å². The Kier molecular flexibility index (Phi) is 1.42. The van der Waals surface area contributed by atoms with Gasteiger partial charge in [-0.15, -0.1) is 0 Å². The zero-order valence-corrected chi connectivity index (χ0v) is 6.49. The van der Waals surface area contributed by atoms with Crippen molar-refractivity contribution < 1.29 is 5.11 Å². The number of nitrogens with zero attached hydrogens (tertiary/aromatic N) is 3. The number of aromatic nitrogens is 3. The Balaban J connectivity index is 2.34. The number of rotatable bonds is 0. The lowest BCUT2D eigenvalue weighted by molar-refractivity contribution is 0.157. The minimum atomic E-state index is -0.209. The van der Waals surface area contributed by atoms with Crippen molar-refractivity contribution in [3.63, 3.8) is 0 Å². The monoisotopic (exact) mass is 153 g/mol. The molecule has 1 atom stereocenters. The van der Waals surface area contributed by atoms with Gasteiger partial charge in [-0.3, -0.25) is 0 Å². The standard InChI is InChI=1S/C7H11N3O/c1-10-8-6-3-2-5(11)4-7(6)9-10/h5,11H,2-4H2,1H3. The first-order valence-corrected chi connectivity index (χ1v) is 3.83. The topological polar surface area (TPSA) is 50.9 Å². The van der Waals surface area contributed by atoms with E-state index in [1.54, 1.807) is 4.80 Å². The molecule has 4 nitrogen and oxygen atoms in total. The third-order valence-electron chi connectivity index (χ3n) is 2.01. The van der Waals surface area contributed by atoms with Gasteiger partial charge in [0, 0.05) is 13.5 Å². The van der Waals surface area contributed by atoms with Gasteiger partial charge >= 0.3 is 0 Å². The molecule has 1 aliphatic carbocycles. The number of fused-ring (bicyclic) bond motifs is 1. The molecule has 0 amide bonds. The van der Waals surface area contributed by atoms with Crippen LogP contribution in [-0.4, -0.2) is 26.2 Å². The van der Waals surface area contributed by atoms with Crippen LogP contribution in [0.15, 0.2) is 0 Å². The van der Waals surface area contributed by atoms with E-state index in [-0.39, 0.29) is 6.10 Å². The maximum atomic E-state index is 9.29. The Morgan fingerprint density at radius 2 is 2.18 bits per heavy atom. The maximum Gasteiger partial charge on any atom is 0.0884 e. The number of aliphatic hydroxyl groups excluding tert-OH is 1. The first kappa shape index (κ1) is 6.79. The van der Waals surface area contributed by atoms with Crippen LogP contribution in [-0.2, 0) is 19.9 Å². The van der Waals surface area contributed by atoms with Crippen LogP contribution in [0, 0.1) is 0 Å². The Morgan fingerprint density at radius 1 is 1.45 bits per heavy atom. The van der Waals surface area contributed by atoms with Crippen LogP contribution in [0.25, 0.3) is 0 Å². The van der Waals surface area contributed by atoms with Gasteiger partial charge in [0.2, 0.25) is 0 Å². The second kappa shape index (κ2) is 2.30. The molecule has 0 spiro atoms. The average Bonchev–Trinajstić information content (AvgIpc) is 2.27. The Morgan fingerprint density at radius 3 is 3.00 bits per heavy atom. The summed E-state index contributed by atoms with van der Waals surface area (Å²) in [6, 6.07) is 0. The molecule has 1 heterocycles. The Labute approximate surface area is 64.8 Å². The number of aliphatic hydroxyl groups is 1. The second-order valence-electron chi connectivity index (χ2n) is 2.98. The van der Waals surface area contributed by atoms with Crippen LogP contribution in [0.2, 0.25) is 0 Å². The molecule has 0 aromatic carbocycles. The van der Waals surface area contributed by atoms with E-state index < -0.39 is 0 Å². The normalized spacial score (nSPS) is 23.3. The molecule has 1 aromatic heterocycles. The molecule has 60 valence electrons. The third kappa shape index (κ3) is 1.14. The van der Waals surface area contributed by atoms with Gasteiger partial charge in [0.05, 0.1) is 17.5 Å². The molecule has 1 unspecified atom stereocenters. The van der Waals surface area contributed by atoms with E-state index in [1.165, 1.54) is 0 Å². The molecule has 0 saturated heterocycles. The van der Waals surface area contributed by atoms with Crippen molar-refractivity contribution in [2.75, 3.05) is 0 Å². The van der Waals surface area contributed by atoms with E-state index in [2.05, 4.69) is 10.2 Å². The summed E-state index contributed by atoms with van der Waals surface area (Å²) in [5, 5.41) is 17.6. The molecule has 1 N–H and O–H groups in total. The Bertz CT molecular complexity index is 269. The van der Waals surface area contributed by atoms with E-state index in [0.29, 0.717) is 6.42 Å². The SMILES string of the molecule is Cn1nc2c(n1)CC(O)CC2. The zero-order chi connectivity index (χ0) is 7.84. The van der Waals surface area contributed by atoms with Crippen molar-refractivity contribution in [2.24, 2.45) is 7.05 Å². The lowest BCUT2D eigenvalue weighted by Gasteiger charge is -2.13. The molecular weight excluding hydrogens is 142 g/mol. The Hall–Kier alpha value is -0.900. The lowest BCUT2D eigenvalue weighted by atomic mass is 9.99. The predicted octanol–water partition coefficient (Wildman–Crippen LogP) is -0.335. The van der Waals surface area contributed by atoms with Crippen molar-refractivity contribution in [3.8, 4) is 0 Å². The highest BCUT2D eigenvalue weighted by molar-refractivity contribution is 5.13. The largest absolute Gasteiger partial charge is 0.393 e. The fourth-order valence-electron chi connectivity index (χ4n) is 1.47. The van der Waals surface area contributed by atoms with E-state index in [1.807, 2.05) is 7.05 Å². The smallest absolute Gasteiger partial charge is 0.0884 e.